The van der Waals surface area contributed by atoms with Crippen LogP contribution in [0.3, 0.4) is 0 Å². The lowest BCUT2D eigenvalue weighted by Gasteiger charge is -2.10. The molecule has 5 nitrogen and oxygen atoms in total. The predicted octanol–water partition coefficient (Wildman–Crippen LogP) is 8.09. The van der Waals surface area contributed by atoms with E-state index in [9.17, 15) is 13.2 Å². The van der Waals surface area contributed by atoms with Gasteiger partial charge in [0.2, 0.25) is 0 Å². The Morgan fingerprint density at radius 2 is 1.41 bits per heavy atom. The van der Waals surface area contributed by atoms with Crippen LogP contribution in [0, 0.1) is 0 Å². The minimum absolute atomic E-state index is 0.145. The molecular weight excluding hydrogens is 574 g/mol. The topological polar surface area (TPSA) is 83.8 Å². The second-order valence-corrected chi connectivity index (χ2v) is 10.3. The Balaban J connectivity index is 0.000000289. The highest BCUT2D eigenvalue weighted by Crippen LogP contribution is 2.27. The molecule has 4 aromatic carbocycles. The van der Waals surface area contributed by atoms with Gasteiger partial charge in [0, 0.05) is 10.9 Å². The van der Waals surface area contributed by atoms with Gasteiger partial charge in [-0.3, -0.25) is 4.79 Å². The van der Waals surface area contributed by atoms with Crippen molar-refractivity contribution in [1.82, 2.24) is 0 Å². The molecule has 4 aromatic rings. The van der Waals surface area contributed by atoms with E-state index in [1.807, 2.05) is 60.7 Å². The standard InChI is InChI=1S/C20H20BrNO4S.C12H10/c21-18-5-3-4-17(14-18)19(6-1-2-7-20(23)24)16-10-8-15(9-11-16)12-13-22-27(25)26;1-3-7-11(8-4-1)12-9-5-2-6-10-12/h3-6,8-11,14H,1-2,7,12-13H2,(H,23,24);1-10H/b19-6-;. The molecule has 0 radical (unpaired) electrons. The third-order valence-electron chi connectivity index (χ3n) is 5.82. The van der Waals surface area contributed by atoms with E-state index in [2.05, 4.69) is 74.9 Å². The van der Waals surface area contributed by atoms with Gasteiger partial charge < -0.3 is 5.11 Å². The van der Waals surface area contributed by atoms with Crippen LogP contribution < -0.4 is 0 Å². The number of hydrogen-bond donors (Lipinski definition) is 1. The molecule has 0 atom stereocenters. The largest absolute Gasteiger partial charge is 0.481 e. The highest BCUT2D eigenvalue weighted by atomic mass is 79.9. The van der Waals surface area contributed by atoms with Crippen molar-refractivity contribution in [2.45, 2.75) is 25.7 Å². The number of halogens is 1. The van der Waals surface area contributed by atoms with Crippen molar-refractivity contribution >= 4 is 38.0 Å². The monoisotopic (exact) mass is 603 g/mol. The maximum Gasteiger partial charge on any atom is 0.311 e. The van der Waals surface area contributed by atoms with E-state index < -0.39 is 16.5 Å². The number of carboxylic acids is 1. The summed E-state index contributed by atoms with van der Waals surface area (Å²) in [4.78, 5) is 10.7. The fourth-order valence-electron chi connectivity index (χ4n) is 3.92. The second-order valence-electron chi connectivity index (χ2n) is 8.66. The van der Waals surface area contributed by atoms with Gasteiger partial charge in [0.25, 0.3) is 0 Å². The fraction of sp³-hybridized carbons (Fsp3) is 0.156. The molecule has 0 aliphatic carbocycles. The average Bonchev–Trinajstić information content (AvgIpc) is 2.95. The van der Waals surface area contributed by atoms with E-state index in [-0.39, 0.29) is 13.0 Å². The molecule has 0 spiro atoms. The van der Waals surface area contributed by atoms with E-state index in [0.717, 1.165) is 26.7 Å². The summed E-state index contributed by atoms with van der Waals surface area (Å²) in [6.07, 6.45) is 4.02. The van der Waals surface area contributed by atoms with Crippen LogP contribution in [0.2, 0.25) is 0 Å². The second kappa shape index (κ2) is 16.2. The van der Waals surface area contributed by atoms with Crippen molar-refractivity contribution in [3.63, 3.8) is 0 Å². The summed E-state index contributed by atoms with van der Waals surface area (Å²) >= 11 is 3.49. The van der Waals surface area contributed by atoms with Crippen molar-refractivity contribution in [3.8, 4) is 11.1 Å². The molecule has 39 heavy (non-hydrogen) atoms. The summed E-state index contributed by atoms with van der Waals surface area (Å²) in [5.74, 6) is -0.791. The van der Waals surface area contributed by atoms with E-state index in [1.54, 1.807) is 0 Å². The number of rotatable bonds is 10. The molecule has 0 fully saturated rings. The molecule has 1 N–H and O–H groups in total. The fourth-order valence-corrected chi connectivity index (χ4v) is 4.56. The lowest BCUT2D eigenvalue weighted by Crippen LogP contribution is -1.94. The Morgan fingerprint density at radius 3 is 1.95 bits per heavy atom. The van der Waals surface area contributed by atoms with E-state index in [0.29, 0.717) is 19.3 Å². The summed E-state index contributed by atoms with van der Waals surface area (Å²) in [6.45, 7) is 0.235. The van der Waals surface area contributed by atoms with Crippen molar-refractivity contribution in [3.05, 3.63) is 136 Å². The molecule has 0 saturated heterocycles. The summed E-state index contributed by atoms with van der Waals surface area (Å²) in [5.41, 5.74) is 6.67. The van der Waals surface area contributed by atoms with E-state index in [1.165, 1.54) is 11.1 Å². The van der Waals surface area contributed by atoms with Gasteiger partial charge in [-0.15, -0.1) is 0 Å². The minimum atomic E-state index is -2.37. The van der Waals surface area contributed by atoms with Crippen molar-refractivity contribution in [1.29, 1.82) is 0 Å². The molecule has 0 aliphatic rings. The van der Waals surface area contributed by atoms with Gasteiger partial charge in [-0.25, -0.2) is 0 Å². The van der Waals surface area contributed by atoms with Gasteiger partial charge in [-0.1, -0.05) is 119 Å². The van der Waals surface area contributed by atoms with E-state index in [4.69, 9.17) is 5.11 Å². The van der Waals surface area contributed by atoms with Crippen LogP contribution >= 0.6 is 15.9 Å². The van der Waals surface area contributed by atoms with Gasteiger partial charge >= 0.3 is 16.5 Å². The van der Waals surface area contributed by atoms with Gasteiger partial charge in [0.15, 0.2) is 0 Å². The number of benzene rings is 4. The van der Waals surface area contributed by atoms with Gasteiger partial charge in [-0.2, -0.15) is 12.8 Å². The van der Waals surface area contributed by atoms with Crippen molar-refractivity contribution < 1.29 is 18.3 Å². The Kier molecular flexibility index (Phi) is 12.4. The van der Waals surface area contributed by atoms with Crippen LogP contribution in [-0.2, 0) is 21.7 Å². The lowest BCUT2D eigenvalue weighted by atomic mass is 9.95. The molecule has 0 aliphatic heterocycles. The van der Waals surface area contributed by atoms with Crippen LogP contribution in [0.5, 0.6) is 0 Å². The number of carbonyl (C=O) groups is 1. The first-order chi connectivity index (χ1) is 18.9. The number of aliphatic carboxylic acids is 1. The minimum Gasteiger partial charge on any atom is -0.481 e. The zero-order valence-corrected chi connectivity index (χ0v) is 23.8. The van der Waals surface area contributed by atoms with Gasteiger partial charge in [0.1, 0.15) is 0 Å². The first kappa shape index (κ1) is 29.7. The van der Waals surface area contributed by atoms with Crippen molar-refractivity contribution in [2.75, 3.05) is 6.54 Å². The molecule has 0 saturated carbocycles. The number of unbranched alkanes of at least 4 members (excludes halogenated alkanes) is 1. The smallest absolute Gasteiger partial charge is 0.311 e. The average molecular weight is 605 g/mol. The Morgan fingerprint density at radius 1 is 0.795 bits per heavy atom. The molecule has 0 heterocycles. The summed E-state index contributed by atoms with van der Waals surface area (Å²) in [5, 5.41) is 8.81. The Hall–Kier alpha value is -3.81. The Labute approximate surface area is 239 Å². The third kappa shape index (κ3) is 10.8. The molecule has 7 heteroatoms. The summed E-state index contributed by atoms with van der Waals surface area (Å²) < 4.78 is 25.4. The maximum atomic E-state index is 10.7. The first-order valence-corrected chi connectivity index (χ1v) is 14.4. The summed E-state index contributed by atoms with van der Waals surface area (Å²) in [6, 6.07) is 36.7. The molecule has 0 unspecified atom stereocenters. The summed E-state index contributed by atoms with van der Waals surface area (Å²) in [7, 11) is -2.37. The molecule has 0 aromatic heterocycles. The quantitative estimate of drug-likeness (QED) is 0.186. The molecule has 200 valence electrons. The molecule has 4 rings (SSSR count). The Bertz CT molecular complexity index is 1460. The highest BCUT2D eigenvalue weighted by molar-refractivity contribution is 9.10. The number of nitrogens with zero attached hydrogens (tertiary/aromatic N) is 1. The SMILES string of the molecule is O=C(O)CCC/C=C(/c1ccc(CCN=S(=O)=O)cc1)c1cccc(Br)c1.c1ccc(-c2ccccc2)cc1. The molecule has 0 bridgehead atoms. The predicted molar refractivity (Wildman–Crippen MR) is 161 cm³/mol. The molecular formula is C32H30BrNO4S. The lowest BCUT2D eigenvalue weighted by molar-refractivity contribution is -0.137. The number of hydrogen-bond acceptors (Lipinski definition) is 4. The normalized spacial score (nSPS) is 10.7. The third-order valence-corrected chi connectivity index (χ3v) is 6.71. The van der Waals surface area contributed by atoms with Crippen LogP contribution in [-0.4, -0.2) is 26.0 Å². The van der Waals surface area contributed by atoms with Gasteiger partial charge in [-0.05, 0) is 64.8 Å². The number of allylic oxidation sites excluding steroid dienone is 1. The zero-order chi connectivity index (χ0) is 27.9. The van der Waals surface area contributed by atoms with Gasteiger partial charge in [0.05, 0.1) is 6.54 Å². The van der Waals surface area contributed by atoms with Crippen LogP contribution in [0.1, 0.15) is 36.0 Å². The van der Waals surface area contributed by atoms with Crippen LogP contribution in [0.15, 0.2) is 124 Å². The molecule has 0 amide bonds. The maximum absolute atomic E-state index is 10.7. The number of carboxylic acid groups (broad SMARTS) is 1. The first-order valence-electron chi connectivity index (χ1n) is 12.6. The van der Waals surface area contributed by atoms with Crippen LogP contribution in [0.4, 0.5) is 0 Å². The van der Waals surface area contributed by atoms with Crippen molar-refractivity contribution in [2.24, 2.45) is 4.36 Å². The van der Waals surface area contributed by atoms with Crippen LogP contribution in [0.25, 0.3) is 16.7 Å². The van der Waals surface area contributed by atoms with E-state index >= 15 is 0 Å². The zero-order valence-electron chi connectivity index (χ0n) is 21.4. The highest BCUT2D eigenvalue weighted by Gasteiger charge is 2.07.